The van der Waals surface area contributed by atoms with Crippen LogP contribution in [0, 0.1) is 0 Å². The molecule has 6 heteroatoms. The number of aliphatic hydroxyl groups is 1. The fraction of sp³-hybridized carbons (Fsp3) is 0.625. The highest BCUT2D eigenvalue weighted by Crippen LogP contribution is 2.46. The zero-order valence-corrected chi connectivity index (χ0v) is 12.2. The Balaban J connectivity index is 1.88. The van der Waals surface area contributed by atoms with Crippen LogP contribution in [-0.2, 0) is 22.3 Å². The topological polar surface area (TPSA) is 38.7 Å². The second-order valence-electron chi connectivity index (χ2n) is 5.92. The van der Waals surface area contributed by atoms with E-state index in [-0.39, 0.29) is 18.1 Å². The van der Waals surface area contributed by atoms with Crippen molar-refractivity contribution in [3.05, 3.63) is 34.9 Å². The number of aliphatic hydroxyl groups excluding tert-OH is 1. The number of hydrogen-bond acceptors (Lipinski definition) is 3. The molecule has 0 atom stereocenters. The van der Waals surface area contributed by atoms with Crippen LogP contribution in [0.4, 0.5) is 13.2 Å². The van der Waals surface area contributed by atoms with Gasteiger partial charge in [-0.2, -0.15) is 13.2 Å². The average Bonchev–Trinajstić information content (AvgIpc) is 2.95. The summed E-state index contributed by atoms with van der Waals surface area (Å²) >= 11 is 0. The van der Waals surface area contributed by atoms with Crippen molar-refractivity contribution in [2.24, 2.45) is 0 Å². The maximum atomic E-state index is 13.3. The first kappa shape index (κ1) is 15.8. The Morgan fingerprint density at radius 1 is 1.14 bits per heavy atom. The second-order valence-corrected chi connectivity index (χ2v) is 5.92. The lowest BCUT2D eigenvalue weighted by Gasteiger charge is -2.36. The molecule has 0 bridgehead atoms. The van der Waals surface area contributed by atoms with Gasteiger partial charge in [-0.15, -0.1) is 0 Å². The fourth-order valence-electron chi connectivity index (χ4n) is 3.61. The fourth-order valence-corrected chi connectivity index (χ4v) is 3.61. The average molecular weight is 316 g/mol. The molecule has 2 fully saturated rings. The van der Waals surface area contributed by atoms with Gasteiger partial charge in [0.15, 0.2) is 5.79 Å². The molecule has 22 heavy (non-hydrogen) atoms. The van der Waals surface area contributed by atoms with E-state index in [9.17, 15) is 18.3 Å². The molecule has 0 aromatic heterocycles. The van der Waals surface area contributed by atoms with E-state index in [0.717, 1.165) is 6.07 Å². The number of hydrogen-bond donors (Lipinski definition) is 1. The summed E-state index contributed by atoms with van der Waals surface area (Å²) < 4.78 is 51.1. The standard InChI is InChI=1S/C16H19F3O3/c17-16(18,19)13-3-1-2-12(10-20)14(13)11-4-6-15(7-5-11)21-8-9-22-15/h1-3,11,20H,4-10H2. The smallest absolute Gasteiger partial charge is 0.392 e. The van der Waals surface area contributed by atoms with E-state index in [2.05, 4.69) is 0 Å². The zero-order valence-electron chi connectivity index (χ0n) is 12.2. The molecule has 3 rings (SSSR count). The maximum Gasteiger partial charge on any atom is 0.416 e. The molecule has 122 valence electrons. The number of halogens is 3. The van der Waals surface area contributed by atoms with Crippen molar-refractivity contribution in [3.63, 3.8) is 0 Å². The van der Waals surface area contributed by atoms with Gasteiger partial charge in [-0.05, 0) is 36.0 Å². The van der Waals surface area contributed by atoms with E-state index in [0.29, 0.717) is 44.5 Å². The maximum absolute atomic E-state index is 13.3. The van der Waals surface area contributed by atoms with Crippen molar-refractivity contribution in [1.82, 2.24) is 0 Å². The van der Waals surface area contributed by atoms with Gasteiger partial charge in [0, 0.05) is 12.8 Å². The van der Waals surface area contributed by atoms with Gasteiger partial charge in [-0.1, -0.05) is 12.1 Å². The van der Waals surface area contributed by atoms with Gasteiger partial charge < -0.3 is 14.6 Å². The van der Waals surface area contributed by atoms with Crippen molar-refractivity contribution < 1.29 is 27.8 Å². The number of ether oxygens (including phenoxy) is 2. The van der Waals surface area contributed by atoms with Crippen molar-refractivity contribution in [2.45, 2.75) is 50.2 Å². The van der Waals surface area contributed by atoms with Crippen LogP contribution in [0.2, 0.25) is 0 Å². The molecule has 1 aliphatic heterocycles. The molecule has 1 saturated heterocycles. The van der Waals surface area contributed by atoms with Gasteiger partial charge in [0.1, 0.15) is 0 Å². The summed E-state index contributed by atoms with van der Waals surface area (Å²) in [6.45, 7) is 0.714. The molecule has 3 nitrogen and oxygen atoms in total. The van der Waals surface area contributed by atoms with E-state index in [4.69, 9.17) is 9.47 Å². The monoisotopic (exact) mass is 316 g/mol. The van der Waals surface area contributed by atoms with Gasteiger partial charge in [-0.3, -0.25) is 0 Å². The minimum atomic E-state index is -4.41. The van der Waals surface area contributed by atoms with E-state index in [1.165, 1.54) is 6.07 Å². The van der Waals surface area contributed by atoms with E-state index in [1.807, 2.05) is 0 Å². The normalized spacial score (nSPS) is 22.4. The third-order valence-electron chi connectivity index (χ3n) is 4.64. The summed E-state index contributed by atoms with van der Waals surface area (Å²) in [5.74, 6) is -0.818. The highest BCUT2D eigenvalue weighted by Gasteiger charge is 2.43. The summed E-state index contributed by atoms with van der Waals surface area (Å²) in [6, 6.07) is 4.02. The van der Waals surface area contributed by atoms with Crippen LogP contribution >= 0.6 is 0 Å². The van der Waals surface area contributed by atoms with Crippen LogP contribution in [0.5, 0.6) is 0 Å². The number of benzene rings is 1. The molecule has 2 aliphatic rings. The second kappa shape index (κ2) is 5.83. The number of alkyl halides is 3. The Kier molecular flexibility index (Phi) is 4.18. The lowest BCUT2D eigenvalue weighted by molar-refractivity contribution is -0.179. The first-order chi connectivity index (χ1) is 10.5. The Bertz CT molecular complexity index is 526. The Morgan fingerprint density at radius 2 is 1.77 bits per heavy atom. The minimum Gasteiger partial charge on any atom is -0.392 e. The molecular formula is C16H19F3O3. The van der Waals surface area contributed by atoms with Crippen LogP contribution < -0.4 is 0 Å². The van der Waals surface area contributed by atoms with Crippen LogP contribution in [0.1, 0.15) is 48.3 Å². The van der Waals surface area contributed by atoms with Crippen LogP contribution in [0.15, 0.2) is 18.2 Å². The van der Waals surface area contributed by atoms with E-state index >= 15 is 0 Å². The molecule has 0 amide bonds. The lowest BCUT2D eigenvalue weighted by atomic mass is 9.77. The first-order valence-corrected chi connectivity index (χ1v) is 7.53. The quantitative estimate of drug-likeness (QED) is 0.906. The van der Waals surface area contributed by atoms with Crippen LogP contribution in [0.25, 0.3) is 0 Å². The van der Waals surface area contributed by atoms with E-state index in [1.54, 1.807) is 6.07 Å². The van der Waals surface area contributed by atoms with E-state index < -0.39 is 17.5 Å². The predicted molar refractivity (Wildman–Crippen MR) is 73.2 cm³/mol. The van der Waals surface area contributed by atoms with Gasteiger partial charge in [0.2, 0.25) is 0 Å². The largest absolute Gasteiger partial charge is 0.416 e. The lowest BCUT2D eigenvalue weighted by Crippen LogP contribution is -2.35. The zero-order chi connectivity index (χ0) is 15.8. The molecule has 1 aliphatic carbocycles. The molecule has 1 heterocycles. The van der Waals surface area contributed by atoms with Crippen LogP contribution in [0.3, 0.4) is 0 Å². The SMILES string of the molecule is OCc1cccc(C(F)(F)F)c1C1CCC2(CC1)OCCO2. The molecule has 0 radical (unpaired) electrons. The van der Waals surface area contributed by atoms with Crippen molar-refractivity contribution >= 4 is 0 Å². The number of rotatable bonds is 2. The Hall–Kier alpha value is -1.11. The van der Waals surface area contributed by atoms with Gasteiger partial charge in [0.25, 0.3) is 0 Å². The molecule has 1 aromatic carbocycles. The minimum absolute atomic E-state index is 0.224. The first-order valence-electron chi connectivity index (χ1n) is 7.53. The Morgan fingerprint density at radius 3 is 2.32 bits per heavy atom. The third kappa shape index (κ3) is 2.87. The summed E-state index contributed by atoms with van der Waals surface area (Å²) in [5.41, 5.74) is -0.0253. The summed E-state index contributed by atoms with van der Waals surface area (Å²) in [4.78, 5) is 0. The predicted octanol–water partition coefficient (Wildman–Crippen LogP) is 3.60. The van der Waals surface area contributed by atoms with Gasteiger partial charge in [-0.25, -0.2) is 0 Å². The van der Waals surface area contributed by atoms with Crippen molar-refractivity contribution in [1.29, 1.82) is 0 Å². The third-order valence-corrected chi connectivity index (χ3v) is 4.64. The van der Waals surface area contributed by atoms with Gasteiger partial charge >= 0.3 is 6.18 Å². The molecule has 1 saturated carbocycles. The molecule has 1 spiro atoms. The summed E-state index contributed by atoms with van der Waals surface area (Å²) in [5, 5.41) is 9.43. The van der Waals surface area contributed by atoms with Crippen LogP contribution in [-0.4, -0.2) is 24.1 Å². The highest BCUT2D eigenvalue weighted by atomic mass is 19.4. The molecule has 0 unspecified atom stereocenters. The summed E-state index contributed by atoms with van der Waals surface area (Å²) in [6.07, 6.45) is -2.08. The van der Waals surface area contributed by atoms with Crippen molar-refractivity contribution in [2.75, 3.05) is 13.2 Å². The Labute approximate surface area is 127 Å². The van der Waals surface area contributed by atoms with Gasteiger partial charge in [0.05, 0.1) is 25.4 Å². The summed E-state index contributed by atoms with van der Waals surface area (Å²) in [7, 11) is 0. The highest BCUT2D eigenvalue weighted by molar-refractivity contribution is 5.40. The molecular weight excluding hydrogens is 297 g/mol. The molecule has 1 aromatic rings. The molecule has 1 N–H and O–H groups in total. The van der Waals surface area contributed by atoms with Crippen molar-refractivity contribution in [3.8, 4) is 0 Å².